The van der Waals surface area contributed by atoms with Crippen LogP contribution >= 0.6 is 0 Å². The molecule has 7 rings (SSSR count). The van der Waals surface area contributed by atoms with Gasteiger partial charge in [-0.2, -0.15) is 0 Å². The second-order valence-corrected chi connectivity index (χ2v) is 16.5. The van der Waals surface area contributed by atoms with Crippen LogP contribution in [-0.4, -0.2) is 88.4 Å². The van der Waals surface area contributed by atoms with Gasteiger partial charge in [-0.1, -0.05) is 36.2 Å². The van der Waals surface area contributed by atoms with Crippen molar-refractivity contribution in [1.82, 2.24) is 9.88 Å². The lowest BCUT2D eigenvalue weighted by atomic mass is 9.55. The van der Waals surface area contributed by atoms with E-state index in [-0.39, 0.29) is 62.0 Å². The number of rotatable bonds is 19. The van der Waals surface area contributed by atoms with Gasteiger partial charge in [0.05, 0.1) is 35.5 Å². The van der Waals surface area contributed by atoms with Crippen LogP contribution in [0.15, 0.2) is 90.1 Å². The number of carbonyl (C=O) groups is 1. The quantitative estimate of drug-likeness (QED) is 0.0511. The van der Waals surface area contributed by atoms with Crippen LogP contribution in [0, 0.1) is 34.8 Å². The highest BCUT2D eigenvalue weighted by Crippen LogP contribution is 2.62. The molecule has 1 amide bonds. The number of aliphatic hydroxyl groups is 2. The maximum Gasteiger partial charge on any atom is 0.415 e. The molecule has 2 aliphatic carbocycles. The van der Waals surface area contributed by atoms with Gasteiger partial charge >= 0.3 is 6.09 Å². The molecule has 7 atom stereocenters. The molecular formula is C47H58N4O11. The van der Waals surface area contributed by atoms with E-state index in [1.54, 1.807) is 13.1 Å². The number of fused-ring (bicyclic) bond motifs is 2. The smallest absolute Gasteiger partial charge is 0.415 e. The number of likely N-dealkylation sites (N-methyl/N-ethyl adjacent to an activating group) is 1. The molecule has 1 aromatic heterocycles. The van der Waals surface area contributed by atoms with Gasteiger partial charge in [-0.3, -0.25) is 15.1 Å². The molecule has 1 saturated carbocycles. The molecule has 2 aliphatic heterocycles. The number of nitrogens with zero attached hydrogens (tertiary/aromatic N) is 4. The summed E-state index contributed by atoms with van der Waals surface area (Å²) in [6, 6.07) is 16.1. The number of carbonyl (C=O) groups excluding carboxylic acids is 1. The molecule has 0 bridgehead atoms. The maximum atomic E-state index is 14.3. The van der Waals surface area contributed by atoms with Crippen LogP contribution in [0.2, 0.25) is 0 Å². The Hall–Kier alpha value is -5.35. The molecule has 3 heterocycles. The Kier molecular flexibility index (Phi) is 14.9. The number of hydrogen-bond donors (Lipinski definition) is 2. The summed E-state index contributed by atoms with van der Waals surface area (Å²) in [6.45, 7) is 6.99. The lowest BCUT2D eigenvalue weighted by molar-refractivity contribution is -0.384. The van der Waals surface area contributed by atoms with E-state index >= 15 is 0 Å². The minimum atomic E-state index is -1.50. The van der Waals surface area contributed by atoms with Crippen LogP contribution in [0.4, 0.5) is 10.5 Å². The number of oxime groups is 1. The molecule has 0 radical (unpaired) electrons. The van der Waals surface area contributed by atoms with Crippen LogP contribution in [-0.2, 0) is 20.9 Å². The third kappa shape index (κ3) is 9.96. The zero-order valence-corrected chi connectivity index (χ0v) is 35.6. The van der Waals surface area contributed by atoms with E-state index in [0.29, 0.717) is 43.1 Å². The Labute approximate surface area is 362 Å². The summed E-state index contributed by atoms with van der Waals surface area (Å²) in [5.74, 6) is -0.908. The molecule has 15 heteroatoms. The molecule has 0 spiro atoms. The molecule has 15 nitrogen and oxygen atoms in total. The fraction of sp³-hybridized carbons (Fsp3) is 0.511. The summed E-state index contributed by atoms with van der Waals surface area (Å²) < 4.78 is 32.4. The highest BCUT2D eigenvalue weighted by atomic mass is 16.8. The Morgan fingerprint density at radius 1 is 1.06 bits per heavy atom. The first-order chi connectivity index (χ1) is 30.1. The molecule has 332 valence electrons. The minimum Gasteiger partial charge on any atom is -0.487 e. The van der Waals surface area contributed by atoms with Gasteiger partial charge in [0.1, 0.15) is 29.9 Å². The van der Waals surface area contributed by atoms with E-state index in [1.807, 2.05) is 43.3 Å². The third-order valence-electron chi connectivity index (χ3n) is 12.4. The van der Waals surface area contributed by atoms with Crippen molar-refractivity contribution >= 4 is 17.5 Å². The van der Waals surface area contributed by atoms with Crippen molar-refractivity contribution in [3.05, 3.63) is 112 Å². The first kappa shape index (κ1) is 44.7. The van der Waals surface area contributed by atoms with Crippen LogP contribution in [0.3, 0.4) is 0 Å². The van der Waals surface area contributed by atoms with Gasteiger partial charge in [0, 0.05) is 62.4 Å². The zero-order chi connectivity index (χ0) is 43.6. The number of nitro benzene ring substituents is 1. The second-order valence-electron chi connectivity index (χ2n) is 16.5. The first-order valence-electron chi connectivity index (χ1n) is 21.8. The first-order valence-corrected chi connectivity index (χ1v) is 21.8. The molecule has 2 aromatic carbocycles. The van der Waals surface area contributed by atoms with Crippen molar-refractivity contribution in [3.8, 4) is 17.2 Å². The van der Waals surface area contributed by atoms with Gasteiger partial charge in [-0.15, -0.1) is 6.58 Å². The van der Waals surface area contributed by atoms with Crippen molar-refractivity contribution in [2.45, 2.75) is 102 Å². The summed E-state index contributed by atoms with van der Waals surface area (Å²) in [4.78, 5) is 37.4. The number of non-ortho nitro benzene ring substituents is 1. The summed E-state index contributed by atoms with van der Waals surface area (Å²) in [5.41, 5.74) is 3.98. The molecule has 2 N–H and O–H groups in total. The standard InChI is InChI=1S/C47H58N4O11/c1-4-25-59-47-42(50(3)46(54)60-35-19-17-34(18-20-35)51(55)56)29-40(49-62-43-16-7-10-26-57-43)38-27-32(13-5-8-23-52)37(15-6-9-24-53)44(45(38)47)39-28-36(21-22-41(39)61-47)58-30-33-14-11-12-31(2)48-33/h4,11-12,14,17-22,27-28,32,37,42-45,52-53H,1,5-10,13,15-16,23-26,29-30H2,2-3H3/t32-,37+,42-,43?,44+,45+,47+/m0/s1. The van der Waals surface area contributed by atoms with E-state index in [0.717, 1.165) is 61.0 Å². The summed E-state index contributed by atoms with van der Waals surface area (Å²) in [5, 5.41) is 36.0. The Morgan fingerprint density at radius 2 is 1.84 bits per heavy atom. The van der Waals surface area contributed by atoms with Gasteiger partial charge in [0.15, 0.2) is 0 Å². The average Bonchev–Trinajstić information content (AvgIpc) is 3.28. The topological polar surface area (TPSA) is 185 Å². The Balaban J connectivity index is 1.37. The fourth-order valence-corrected chi connectivity index (χ4v) is 9.51. The molecular weight excluding hydrogens is 797 g/mol. The monoisotopic (exact) mass is 854 g/mol. The Morgan fingerprint density at radius 3 is 2.55 bits per heavy atom. The van der Waals surface area contributed by atoms with Gasteiger partial charge in [0.2, 0.25) is 12.1 Å². The highest BCUT2D eigenvalue weighted by Gasteiger charge is 2.65. The summed E-state index contributed by atoms with van der Waals surface area (Å²) >= 11 is 0. The fourth-order valence-electron chi connectivity index (χ4n) is 9.51. The lowest BCUT2D eigenvalue weighted by Crippen LogP contribution is -2.69. The minimum absolute atomic E-state index is 0.0111. The number of aliphatic hydroxyl groups excluding tert-OH is 2. The number of pyridine rings is 1. The van der Waals surface area contributed by atoms with Crippen LogP contribution < -0.4 is 14.2 Å². The number of aryl methyl sites for hydroxylation is 1. The number of aromatic nitrogens is 1. The van der Waals surface area contributed by atoms with E-state index in [9.17, 15) is 25.1 Å². The molecule has 1 unspecified atom stereocenters. The van der Waals surface area contributed by atoms with Crippen molar-refractivity contribution in [1.29, 1.82) is 0 Å². The van der Waals surface area contributed by atoms with E-state index in [1.165, 1.54) is 29.2 Å². The lowest BCUT2D eigenvalue weighted by Gasteiger charge is -2.59. The largest absolute Gasteiger partial charge is 0.487 e. The number of benzene rings is 2. The van der Waals surface area contributed by atoms with E-state index in [2.05, 4.69) is 17.6 Å². The second kappa shape index (κ2) is 20.7. The van der Waals surface area contributed by atoms with Gasteiger partial charge in [-0.25, -0.2) is 4.79 Å². The number of ether oxygens (including phenoxy) is 5. The maximum absolute atomic E-state index is 14.3. The Bertz CT molecular complexity index is 2090. The van der Waals surface area contributed by atoms with Crippen molar-refractivity contribution in [3.63, 3.8) is 0 Å². The number of hydrogen-bond acceptors (Lipinski definition) is 13. The SMILES string of the molecule is C=CCO[C@@]12Oc3ccc(OCc4cccc(C)n4)cc3[C@H]3[C@H](CCCCO)[C@@H](CCCCO)C=C(C(=NOC4CCCCO4)C[C@@H]1N(C)C(=O)Oc1ccc([N+](=O)[O-])cc1)[C@H]32. The van der Waals surface area contributed by atoms with E-state index < -0.39 is 35.1 Å². The summed E-state index contributed by atoms with van der Waals surface area (Å²) in [7, 11) is 1.62. The van der Waals surface area contributed by atoms with Gasteiger partial charge < -0.3 is 43.6 Å². The molecule has 62 heavy (non-hydrogen) atoms. The number of nitro groups is 1. The number of amides is 1. The summed E-state index contributed by atoms with van der Waals surface area (Å²) in [6.07, 6.45) is 9.82. The molecule has 3 aromatic rings. The normalized spacial score (nSPS) is 25.7. The third-order valence-corrected chi connectivity index (χ3v) is 12.4. The van der Waals surface area contributed by atoms with Crippen molar-refractivity contribution in [2.24, 2.45) is 22.9 Å². The van der Waals surface area contributed by atoms with Gasteiger partial charge in [0.25, 0.3) is 5.69 Å². The van der Waals surface area contributed by atoms with Crippen molar-refractivity contribution < 1.29 is 48.5 Å². The average molecular weight is 855 g/mol. The number of allylic oxidation sites excluding steroid dienone is 1. The predicted octanol–water partition coefficient (Wildman–Crippen LogP) is 8.17. The zero-order valence-electron chi connectivity index (χ0n) is 35.6. The molecule has 4 aliphatic rings. The predicted molar refractivity (Wildman–Crippen MR) is 230 cm³/mol. The van der Waals surface area contributed by atoms with E-state index in [4.69, 9.17) is 33.7 Å². The van der Waals surface area contributed by atoms with Crippen LogP contribution in [0.1, 0.15) is 87.1 Å². The van der Waals surface area contributed by atoms with Crippen LogP contribution in [0.25, 0.3) is 0 Å². The highest BCUT2D eigenvalue weighted by molar-refractivity contribution is 6.03. The van der Waals surface area contributed by atoms with Gasteiger partial charge in [-0.05, 0) is 105 Å². The van der Waals surface area contributed by atoms with Crippen LogP contribution in [0.5, 0.6) is 17.2 Å². The number of unbranched alkanes of at least 4 members (excludes halogenated alkanes) is 2. The van der Waals surface area contributed by atoms with Crippen molar-refractivity contribution in [2.75, 3.05) is 33.5 Å². The molecule has 1 saturated heterocycles. The molecule has 2 fully saturated rings.